The van der Waals surface area contributed by atoms with E-state index in [2.05, 4.69) is 6.92 Å². The first-order chi connectivity index (χ1) is 7.15. The fourth-order valence-corrected chi connectivity index (χ4v) is 4.53. The van der Waals surface area contributed by atoms with E-state index in [0.717, 1.165) is 30.6 Å². The van der Waals surface area contributed by atoms with E-state index in [9.17, 15) is 4.79 Å². The van der Waals surface area contributed by atoms with Crippen LogP contribution in [0.15, 0.2) is 0 Å². The number of carbonyl (C=O) groups is 1. The van der Waals surface area contributed by atoms with Gasteiger partial charge in [0.15, 0.2) is 0 Å². The third-order valence-electron chi connectivity index (χ3n) is 5.27. The number of carbonyl (C=O) groups excluding carboxylic acids is 1. The molecular formula is C14H22O. The van der Waals surface area contributed by atoms with Crippen molar-refractivity contribution < 1.29 is 4.79 Å². The largest absolute Gasteiger partial charge is 0.300 e. The molecule has 2 bridgehead atoms. The van der Waals surface area contributed by atoms with Gasteiger partial charge in [0, 0.05) is 12.8 Å². The lowest BCUT2D eigenvalue weighted by Crippen LogP contribution is -2.21. The maximum Gasteiger partial charge on any atom is 0.133 e. The first kappa shape index (κ1) is 9.86. The number of rotatable bonds is 2. The molecule has 0 spiro atoms. The molecule has 0 aromatic rings. The molecule has 1 nitrogen and oxygen atoms in total. The molecule has 0 aromatic heterocycles. The van der Waals surface area contributed by atoms with Crippen LogP contribution in [0.4, 0.5) is 0 Å². The molecule has 4 atom stereocenters. The van der Waals surface area contributed by atoms with Crippen molar-refractivity contribution in [2.75, 3.05) is 0 Å². The summed E-state index contributed by atoms with van der Waals surface area (Å²) in [5.41, 5.74) is 0.381. The predicted octanol–water partition coefficient (Wildman–Crippen LogP) is 3.57. The smallest absolute Gasteiger partial charge is 0.133 e. The van der Waals surface area contributed by atoms with Gasteiger partial charge in [-0.05, 0) is 55.3 Å². The minimum atomic E-state index is 0.381. The molecule has 3 fully saturated rings. The van der Waals surface area contributed by atoms with Gasteiger partial charge in [0.1, 0.15) is 5.78 Å². The van der Waals surface area contributed by atoms with Crippen LogP contribution in [-0.2, 0) is 4.79 Å². The first-order valence-corrected chi connectivity index (χ1v) is 6.66. The summed E-state index contributed by atoms with van der Waals surface area (Å²) in [6.45, 7) is 2.35. The Morgan fingerprint density at radius 2 is 2.20 bits per heavy atom. The van der Waals surface area contributed by atoms with Gasteiger partial charge in [-0.15, -0.1) is 0 Å². The summed E-state index contributed by atoms with van der Waals surface area (Å²) in [5.74, 6) is 3.57. The van der Waals surface area contributed by atoms with Gasteiger partial charge in [-0.1, -0.05) is 13.3 Å². The zero-order valence-corrected chi connectivity index (χ0v) is 9.80. The summed E-state index contributed by atoms with van der Waals surface area (Å²) in [6.07, 6.45) is 10.2. The van der Waals surface area contributed by atoms with Gasteiger partial charge >= 0.3 is 0 Å². The SMILES string of the molecule is CC1(CC2CC3CCC2C3)CCC(=O)C1. The van der Waals surface area contributed by atoms with E-state index in [1.54, 1.807) is 0 Å². The van der Waals surface area contributed by atoms with Gasteiger partial charge in [0.25, 0.3) is 0 Å². The number of hydrogen-bond acceptors (Lipinski definition) is 1. The van der Waals surface area contributed by atoms with Crippen molar-refractivity contribution in [2.45, 2.75) is 58.3 Å². The molecule has 0 N–H and O–H groups in total. The molecule has 15 heavy (non-hydrogen) atoms. The Hall–Kier alpha value is -0.330. The molecule has 0 heterocycles. The normalized spacial score (nSPS) is 49.1. The molecule has 0 amide bonds. The van der Waals surface area contributed by atoms with Crippen LogP contribution >= 0.6 is 0 Å². The predicted molar refractivity (Wildman–Crippen MR) is 60.5 cm³/mol. The van der Waals surface area contributed by atoms with Crippen LogP contribution in [0.5, 0.6) is 0 Å². The Kier molecular flexibility index (Phi) is 2.19. The standard InChI is InChI=1S/C14H22O/c1-14(5-4-13(15)9-14)8-12-7-10-2-3-11(12)6-10/h10-12H,2-9H2,1H3. The van der Waals surface area contributed by atoms with Gasteiger partial charge < -0.3 is 0 Å². The number of hydrogen-bond donors (Lipinski definition) is 0. The number of fused-ring (bicyclic) bond motifs is 2. The maximum absolute atomic E-state index is 11.4. The Balaban J connectivity index is 1.63. The summed E-state index contributed by atoms with van der Waals surface area (Å²) < 4.78 is 0. The van der Waals surface area contributed by atoms with Crippen LogP contribution in [0.3, 0.4) is 0 Å². The highest BCUT2D eigenvalue weighted by Gasteiger charge is 2.44. The minimum absolute atomic E-state index is 0.381. The van der Waals surface area contributed by atoms with Crippen molar-refractivity contribution in [1.29, 1.82) is 0 Å². The van der Waals surface area contributed by atoms with Crippen LogP contribution in [0.2, 0.25) is 0 Å². The highest BCUT2D eigenvalue weighted by molar-refractivity contribution is 5.81. The zero-order chi connectivity index (χ0) is 10.5. The third kappa shape index (κ3) is 1.74. The summed E-state index contributed by atoms with van der Waals surface area (Å²) in [7, 11) is 0. The second-order valence-corrected chi connectivity index (χ2v) is 6.67. The van der Waals surface area contributed by atoms with Crippen molar-refractivity contribution in [3.8, 4) is 0 Å². The molecule has 4 unspecified atom stereocenters. The van der Waals surface area contributed by atoms with Crippen LogP contribution in [-0.4, -0.2) is 5.78 Å². The van der Waals surface area contributed by atoms with Crippen LogP contribution < -0.4 is 0 Å². The van der Waals surface area contributed by atoms with Crippen LogP contribution in [0, 0.1) is 23.2 Å². The molecule has 0 saturated heterocycles. The summed E-state index contributed by atoms with van der Waals surface area (Å²) in [6, 6.07) is 0. The molecule has 0 radical (unpaired) electrons. The fourth-order valence-electron chi connectivity index (χ4n) is 4.53. The van der Waals surface area contributed by atoms with Gasteiger partial charge in [0.2, 0.25) is 0 Å². The van der Waals surface area contributed by atoms with Crippen molar-refractivity contribution in [3.05, 3.63) is 0 Å². The lowest BCUT2D eigenvalue weighted by molar-refractivity contribution is -0.118. The summed E-state index contributed by atoms with van der Waals surface area (Å²) in [5, 5.41) is 0. The van der Waals surface area contributed by atoms with Crippen LogP contribution in [0.25, 0.3) is 0 Å². The van der Waals surface area contributed by atoms with Crippen molar-refractivity contribution in [1.82, 2.24) is 0 Å². The molecule has 3 saturated carbocycles. The minimum Gasteiger partial charge on any atom is -0.300 e. The molecule has 3 aliphatic carbocycles. The lowest BCUT2D eigenvalue weighted by Gasteiger charge is -2.31. The van der Waals surface area contributed by atoms with E-state index in [-0.39, 0.29) is 0 Å². The second kappa shape index (κ2) is 3.33. The molecule has 1 heteroatoms. The van der Waals surface area contributed by atoms with Gasteiger partial charge in [-0.25, -0.2) is 0 Å². The van der Waals surface area contributed by atoms with Crippen molar-refractivity contribution in [2.24, 2.45) is 23.2 Å². The second-order valence-electron chi connectivity index (χ2n) is 6.67. The van der Waals surface area contributed by atoms with Crippen LogP contribution in [0.1, 0.15) is 58.3 Å². The van der Waals surface area contributed by atoms with E-state index in [1.807, 2.05) is 0 Å². The topological polar surface area (TPSA) is 17.1 Å². The molecule has 3 rings (SSSR count). The highest BCUT2D eigenvalue weighted by Crippen LogP contribution is 2.54. The van der Waals surface area contributed by atoms with E-state index >= 15 is 0 Å². The molecule has 0 aliphatic heterocycles. The van der Waals surface area contributed by atoms with Gasteiger partial charge in [0.05, 0.1) is 0 Å². The molecule has 0 aromatic carbocycles. The first-order valence-electron chi connectivity index (χ1n) is 6.66. The van der Waals surface area contributed by atoms with Crippen molar-refractivity contribution in [3.63, 3.8) is 0 Å². The van der Waals surface area contributed by atoms with E-state index in [0.29, 0.717) is 11.2 Å². The Morgan fingerprint density at radius 1 is 1.33 bits per heavy atom. The average Bonchev–Trinajstić information content (AvgIpc) is 2.82. The average molecular weight is 206 g/mol. The molecule has 3 aliphatic rings. The maximum atomic E-state index is 11.4. The Morgan fingerprint density at radius 3 is 2.73 bits per heavy atom. The van der Waals surface area contributed by atoms with E-state index < -0.39 is 0 Å². The van der Waals surface area contributed by atoms with Crippen molar-refractivity contribution >= 4 is 5.78 Å². The quantitative estimate of drug-likeness (QED) is 0.675. The Bertz CT molecular complexity index is 283. The summed E-state index contributed by atoms with van der Waals surface area (Å²) in [4.78, 5) is 11.4. The monoisotopic (exact) mass is 206 g/mol. The highest BCUT2D eigenvalue weighted by atomic mass is 16.1. The van der Waals surface area contributed by atoms with E-state index in [4.69, 9.17) is 0 Å². The van der Waals surface area contributed by atoms with E-state index in [1.165, 1.54) is 38.5 Å². The van der Waals surface area contributed by atoms with Gasteiger partial charge in [-0.2, -0.15) is 0 Å². The third-order valence-corrected chi connectivity index (χ3v) is 5.27. The fraction of sp³-hybridized carbons (Fsp3) is 0.929. The van der Waals surface area contributed by atoms with Gasteiger partial charge in [-0.3, -0.25) is 4.79 Å². The Labute approximate surface area is 92.6 Å². The zero-order valence-electron chi connectivity index (χ0n) is 9.80. The number of ketones is 1. The number of Topliss-reactive ketones (excluding diaryl/α,β-unsaturated/α-hetero) is 1. The lowest BCUT2D eigenvalue weighted by atomic mass is 9.74. The summed E-state index contributed by atoms with van der Waals surface area (Å²) >= 11 is 0. The molecular weight excluding hydrogens is 184 g/mol. The molecule has 84 valence electrons.